The van der Waals surface area contributed by atoms with E-state index in [2.05, 4.69) is 45.7 Å². The van der Waals surface area contributed by atoms with Crippen LogP contribution in [0.2, 0.25) is 0 Å². The van der Waals surface area contributed by atoms with Crippen molar-refractivity contribution in [3.8, 4) is 11.5 Å². The highest BCUT2D eigenvalue weighted by Crippen LogP contribution is 2.18. The first-order chi connectivity index (χ1) is 13.1. The van der Waals surface area contributed by atoms with Crippen molar-refractivity contribution in [1.82, 2.24) is 15.6 Å². The van der Waals surface area contributed by atoms with Crippen molar-refractivity contribution in [2.24, 2.45) is 4.99 Å². The van der Waals surface area contributed by atoms with Crippen molar-refractivity contribution in [2.75, 3.05) is 13.6 Å². The maximum absolute atomic E-state index is 13.0. The van der Waals surface area contributed by atoms with Crippen LogP contribution in [0, 0.1) is 12.7 Å². The Balaban J connectivity index is 0.00000280. The summed E-state index contributed by atoms with van der Waals surface area (Å²) in [4.78, 5) is 8.68. The van der Waals surface area contributed by atoms with E-state index in [1.54, 1.807) is 25.4 Å². The fourth-order valence-corrected chi connectivity index (χ4v) is 2.68. The normalized spacial score (nSPS) is 11.0. The van der Waals surface area contributed by atoms with Crippen molar-refractivity contribution in [1.29, 1.82) is 0 Å². The van der Waals surface area contributed by atoms with Gasteiger partial charge in [-0.3, -0.25) is 4.99 Å². The third kappa shape index (κ3) is 6.33. The number of guanidine groups is 1. The second-order valence-electron chi connectivity index (χ2n) is 6.24. The van der Waals surface area contributed by atoms with Crippen molar-refractivity contribution >= 4 is 29.9 Å². The zero-order valence-corrected chi connectivity index (χ0v) is 18.2. The number of nitrogens with zero attached hydrogens (tertiary/aromatic N) is 2. The Hall–Kier alpha value is -2.42. The van der Waals surface area contributed by atoms with Crippen molar-refractivity contribution in [3.05, 3.63) is 77.4 Å². The van der Waals surface area contributed by atoms with Crippen molar-refractivity contribution in [3.63, 3.8) is 0 Å². The van der Waals surface area contributed by atoms with E-state index in [1.165, 1.54) is 23.3 Å². The summed E-state index contributed by atoms with van der Waals surface area (Å²) in [6.07, 6.45) is 2.32. The first-order valence-electron chi connectivity index (χ1n) is 8.84. The minimum atomic E-state index is -0.278. The average molecular weight is 494 g/mol. The van der Waals surface area contributed by atoms with Crippen LogP contribution in [0.3, 0.4) is 0 Å². The third-order valence-electron chi connectivity index (χ3n) is 4.08. The molecule has 0 aliphatic carbocycles. The van der Waals surface area contributed by atoms with Crippen LogP contribution in [0.15, 0.2) is 64.2 Å². The molecular formula is C21H24FIN4O. The Morgan fingerprint density at radius 1 is 1.14 bits per heavy atom. The molecule has 0 saturated carbocycles. The summed E-state index contributed by atoms with van der Waals surface area (Å²) in [7, 11) is 1.74. The molecule has 0 amide bonds. The highest BCUT2D eigenvalue weighted by molar-refractivity contribution is 14.0. The summed E-state index contributed by atoms with van der Waals surface area (Å²) in [5.41, 5.74) is 4.03. The van der Waals surface area contributed by atoms with E-state index in [0.717, 1.165) is 17.2 Å². The Morgan fingerprint density at radius 2 is 1.93 bits per heavy atom. The number of aromatic nitrogens is 1. The van der Waals surface area contributed by atoms with Crippen LogP contribution in [-0.2, 0) is 13.0 Å². The van der Waals surface area contributed by atoms with Gasteiger partial charge < -0.3 is 15.1 Å². The molecule has 0 spiro atoms. The first-order valence-corrected chi connectivity index (χ1v) is 8.84. The van der Waals surface area contributed by atoms with E-state index in [1.807, 2.05) is 6.07 Å². The maximum atomic E-state index is 13.0. The second-order valence-corrected chi connectivity index (χ2v) is 6.24. The van der Waals surface area contributed by atoms with Gasteiger partial charge in [-0.25, -0.2) is 9.37 Å². The number of hydrogen-bond donors (Lipinski definition) is 2. The average Bonchev–Trinajstić information content (AvgIpc) is 3.14. The Labute approximate surface area is 181 Å². The largest absolute Gasteiger partial charge is 0.444 e. The molecule has 1 heterocycles. The molecule has 2 N–H and O–H groups in total. The van der Waals surface area contributed by atoms with Gasteiger partial charge in [0, 0.05) is 32.1 Å². The van der Waals surface area contributed by atoms with Gasteiger partial charge >= 0.3 is 0 Å². The Kier molecular flexibility index (Phi) is 8.43. The molecule has 5 nitrogen and oxygen atoms in total. The summed E-state index contributed by atoms with van der Waals surface area (Å²) in [6.45, 7) is 3.46. The van der Waals surface area contributed by atoms with Gasteiger partial charge in [0.2, 0.25) is 5.89 Å². The van der Waals surface area contributed by atoms with Crippen LogP contribution in [-0.4, -0.2) is 24.5 Å². The number of hydrogen-bond acceptors (Lipinski definition) is 3. The molecule has 0 saturated heterocycles. The number of nitrogens with one attached hydrogen (secondary N) is 2. The number of oxazole rings is 1. The smallest absolute Gasteiger partial charge is 0.226 e. The summed E-state index contributed by atoms with van der Waals surface area (Å²) in [6, 6.07) is 14.4. The summed E-state index contributed by atoms with van der Waals surface area (Å²) in [5, 5.41) is 6.56. The van der Waals surface area contributed by atoms with Gasteiger partial charge in [0.15, 0.2) is 5.96 Å². The van der Waals surface area contributed by atoms with E-state index >= 15 is 0 Å². The van der Waals surface area contributed by atoms with Crippen molar-refractivity contribution in [2.45, 2.75) is 19.9 Å². The summed E-state index contributed by atoms with van der Waals surface area (Å²) >= 11 is 0. The fraction of sp³-hybridized carbons (Fsp3) is 0.238. The highest BCUT2D eigenvalue weighted by atomic mass is 127. The maximum Gasteiger partial charge on any atom is 0.226 e. The molecule has 28 heavy (non-hydrogen) atoms. The molecule has 0 unspecified atom stereocenters. The van der Waals surface area contributed by atoms with Gasteiger partial charge in [-0.05, 0) is 36.8 Å². The van der Waals surface area contributed by atoms with E-state index < -0.39 is 0 Å². The van der Waals surface area contributed by atoms with Gasteiger partial charge in [0.25, 0.3) is 0 Å². The van der Waals surface area contributed by atoms with Gasteiger partial charge in [-0.2, -0.15) is 0 Å². The first kappa shape index (κ1) is 21.9. The molecule has 2 aromatic carbocycles. The quantitative estimate of drug-likeness (QED) is 0.305. The fourth-order valence-electron chi connectivity index (χ4n) is 2.68. The lowest BCUT2D eigenvalue weighted by Gasteiger charge is -2.11. The standard InChI is InChI=1S/C21H23FN4O.HI/c1-15-4-3-5-16(12-15)13-25-21(23-2)24-11-10-19-14-27-20(26-19)17-6-8-18(22)9-7-17;/h3-9,12,14H,10-11,13H2,1-2H3,(H2,23,24,25);1H. The van der Waals surface area contributed by atoms with E-state index in [4.69, 9.17) is 4.42 Å². The minimum Gasteiger partial charge on any atom is -0.444 e. The van der Waals surface area contributed by atoms with Crippen LogP contribution in [0.5, 0.6) is 0 Å². The van der Waals surface area contributed by atoms with E-state index in [0.29, 0.717) is 25.4 Å². The van der Waals surface area contributed by atoms with Crippen LogP contribution < -0.4 is 10.6 Å². The summed E-state index contributed by atoms with van der Waals surface area (Å²) < 4.78 is 18.5. The van der Waals surface area contributed by atoms with Gasteiger partial charge in [0.1, 0.15) is 12.1 Å². The van der Waals surface area contributed by atoms with Gasteiger partial charge in [0.05, 0.1) is 5.69 Å². The molecule has 3 aromatic rings. The highest BCUT2D eigenvalue weighted by Gasteiger charge is 2.07. The minimum absolute atomic E-state index is 0. The number of halogens is 2. The topological polar surface area (TPSA) is 62.5 Å². The van der Waals surface area contributed by atoms with Crippen LogP contribution in [0.4, 0.5) is 4.39 Å². The lowest BCUT2D eigenvalue weighted by atomic mass is 10.1. The van der Waals surface area contributed by atoms with Gasteiger partial charge in [-0.15, -0.1) is 24.0 Å². The molecule has 0 aliphatic heterocycles. The monoisotopic (exact) mass is 494 g/mol. The van der Waals surface area contributed by atoms with E-state index in [-0.39, 0.29) is 29.8 Å². The third-order valence-corrected chi connectivity index (χ3v) is 4.08. The molecule has 0 radical (unpaired) electrons. The summed E-state index contributed by atoms with van der Waals surface area (Å²) in [5.74, 6) is 0.949. The Morgan fingerprint density at radius 3 is 2.64 bits per heavy atom. The van der Waals surface area contributed by atoms with Crippen LogP contribution in [0.25, 0.3) is 11.5 Å². The van der Waals surface area contributed by atoms with Gasteiger partial charge in [-0.1, -0.05) is 29.8 Å². The molecule has 0 fully saturated rings. The van der Waals surface area contributed by atoms with Crippen LogP contribution >= 0.6 is 24.0 Å². The predicted molar refractivity (Wildman–Crippen MR) is 120 cm³/mol. The molecule has 0 aliphatic rings. The molecule has 1 aromatic heterocycles. The number of benzene rings is 2. The lowest BCUT2D eigenvalue weighted by Crippen LogP contribution is -2.37. The number of aryl methyl sites for hydroxylation is 1. The number of aliphatic imine (C=N–C) groups is 1. The molecule has 148 valence electrons. The molecule has 7 heteroatoms. The zero-order valence-electron chi connectivity index (χ0n) is 15.9. The molecule has 0 atom stereocenters. The number of rotatable bonds is 6. The predicted octanol–water partition coefficient (Wildman–Crippen LogP) is 4.31. The SMILES string of the molecule is CN=C(NCCc1coc(-c2ccc(F)cc2)n1)NCc1cccc(C)c1.I. The van der Waals surface area contributed by atoms with Crippen molar-refractivity contribution < 1.29 is 8.81 Å². The molecular weight excluding hydrogens is 470 g/mol. The lowest BCUT2D eigenvalue weighted by molar-refractivity contribution is 0.571. The second kappa shape index (κ2) is 10.8. The molecule has 3 rings (SSSR count). The van der Waals surface area contributed by atoms with Crippen LogP contribution in [0.1, 0.15) is 16.8 Å². The Bertz CT molecular complexity index is 909. The molecule has 0 bridgehead atoms. The van der Waals surface area contributed by atoms with E-state index in [9.17, 15) is 4.39 Å². The zero-order chi connectivity index (χ0) is 19.1.